The third-order valence-corrected chi connectivity index (χ3v) is 8.41. The third kappa shape index (κ3) is 6.36. The monoisotopic (exact) mass is 787 g/mol. The van der Waals surface area contributed by atoms with Gasteiger partial charge in [-0.25, -0.2) is 9.37 Å². The maximum atomic E-state index is 13.8. The number of nitrogens with zero attached hydrogens (tertiary/aromatic N) is 3. The van der Waals surface area contributed by atoms with Crippen molar-refractivity contribution in [3.63, 3.8) is 0 Å². The SMILES string of the molecule is COc1cc(C)c(-c2nc3ccccc3c(=O)n2N=Cc2cc(I)c(OCc3cccc(F)c3)c(I)c2)cc1C(C)C. The summed E-state index contributed by atoms with van der Waals surface area (Å²) in [4.78, 5) is 18.7. The largest absolute Gasteiger partial charge is 0.496 e. The Morgan fingerprint density at radius 2 is 1.76 bits per heavy atom. The summed E-state index contributed by atoms with van der Waals surface area (Å²) in [6.07, 6.45) is 1.66. The molecule has 0 aliphatic rings. The van der Waals surface area contributed by atoms with Crippen LogP contribution in [-0.4, -0.2) is 23.0 Å². The Hall–Kier alpha value is -3.32. The Balaban J connectivity index is 1.57. The number of hydrogen-bond donors (Lipinski definition) is 0. The number of halogens is 3. The summed E-state index contributed by atoms with van der Waals surface area (Å²) in [5.74, 6) is 1.87. The smallest absolute Gasteiger partial charge is 0.282 e. The van der Waals surface area contributed by atoms with Gasteiger partial charge in [0.25, 0.3) is 5.56 Å². The number of aromatic nitrogens is 2. The van der Waals surface area contributed by atoms with E-state index in [1.165, 1.54) is 16.8 Å². The molecule has 0 amide bonds. The lowest BCUT2D eigenvalue weighted by atomic mass is 9.96. The molecule has 0 saturated heterocycles. The molecular formula is C33H28FI2N3O3. The minimum atomic E-state index is -0.296. The molecule has 42 heavy (non-hydrogen) atoms. The van der Waals surface area contributed by atoms with Gasteiger partial charge in [-0.05, 0) is 129 Å². The van der Waals surface area contributed by atoms with Crippen LogP contribution < -0.4 is 15.0 Å². The lowest BCUT2D eigenvalue weighted by molar-refractivity contribution is 0.301. The van der Waals surface area contributed by atoms with E-state index in [0.29, 0.717) is 22.5 Å². The first-order chi connectivity index (χ1) is 20.2. The van der Waals surface area contributed by atoms with Gasteiger partial charge in [-0.1, -0.05) is 38.1 Å². The Bertz CT molecular complexity index is 1860. The molecule has 0 unspecified atom stereocenters. The third-order valence-electron chi connectivity index (χ3n) is 6.81. The predicted octanol–water partition coefficient (Wildman–Crippen LogP) is 8.31. The average molecular weight is 787 g/mol. The van der Waals surface area contributed by atoms with Crippen LogP contribution in [0, 0.1) is 19.9 Å². The Morgan fingerprint density at radius 3 is 2.45 bits per heavy atom. The minimum absolute atomic E-state index is 0.203. The highest BCUT2D eigenvalue weighted by Crippen LogP contribution is 2.34. The van der Waals surface area contributed by atoms with Gasteiger partial charge in [-0.2, -0.15) is 9.78 Å². The van der Waals surface area contributed by atoms with E-state index in [2.05, 4.69) is 64.1 Å². The Kier molecular flexibility index (Phi) is 9.26. The molecule has 4 aromatic carbocycles. The number of aryl methyl sites for hydroxylation is 1. The molecule has 0 atom stereocenters. The molecule has 5 aromatic rings. The summed E-state index contributed by atoms with van der Waals surface area (Å²) >= 11 is 4.42. The van der Waals surface area contributed by atoms with Gasteiger partial charge in [0.1, 0.15) is 23.9 Å². The van der Waals surface area contributed by atoms with Gasteiger partial charge in [0.2, 0.25) is 0 Å². The maximum absolute atomic E-state index is 13.8. The Labute approximate surface area is 270 Å². The molecule has 5 rings (SSSR count). The molecule has 0 aliphatic heterocycles. The summed E-state index contributed by atoms with van der Waals surface area (Å²) in [6, 6.07) is 21.5. The zero-order chi connectivity index (χ0) is 30.0. The first-order valence-electron chi connectivity index (χ1n) is 13.3. The highest BCUT2D eigenvalue weighted by molar-refractivity contribution is 14.1. The highest BCUT2D eigenvalue weighted by Gasteiger charge is 2.18. The fourth-order valence-corrected chi connectivity index (χ4v) is 6.80. The van der Waals surface area contributed by atoms with E-state index in [4.69, 9.17) is 14.5 Å². The molecule has 9 heteroatoms. The topological polar surface area (TPSA) is 65.7 Å². The molecule has 0 bridgehead atoms. The quantitative estimate of drug-likeness (QED) is 0.117. The average Bonchev–Trinajstić information content (AvgIpc) is 2.96. The molecule has 1 aromatic heterocycles. The second-order valence-corrected chi connectivity index (χ2v) is 12.4. The second kappa shape index (κ2) is 12.9. The number of benzene rings is 4. The minimum Gasteiger partial charge on any atom is -0.496 e. The van der Waals surface area contributed by atoms with Crippen molar-refractivity contribution < 1.29 is 13.9 Å². The Morgan fingerprint density at radius 1 is 1.02 bits per heavy atom. The normalized spacial score (nSPS) is 11.5. The van der Waals surface area contributed by atoms with E-state index in [0.717, 1.165) is 40.7 Å². The van der Waals surface area contributed by atoms with Crippen molar-refractivity contribution >= 4 is 62.3 Å². The molecule has 0 saturated carbocycles. The van der Waals surface area contributed by atoms with Crippen LogP contribution in [0.15, 0.2) is 82.7 Å². The van der Waals surface area contributed by atoms with E-state index in [-0.39, 0.29) is 23.9 Å². The predicted molar refractivity (Wildman–Crippen MR) is 182 cm³/mol. The zero-order valence-corrected chi connectivity index (χ0v) is 27.8. The van der Waals surface area contributed by atoms with E-state index < -0.39 is 0 Å². The second-order valence-electron chi connectivity index (χ2n) is 10.1. The summed E-state index contributed by atoms with van der Waals surface area (Å²) in [7, 11) is 1.66. The van der Waals surface area contributed by atoms with Gasteiger partial charge in [0, 0.05) is 5.56 Å². The molecule has 214 valence electrons. The molecule has 0 N–H and O–H groups in total. The summed E-state index contributed by atoms with van der Waals surface area (Å²) in [6.45, 7) is 6.43. The van der Waals surface area contributed by atoms with Crippen LogP contribution in [0.3, 0.4) is 0 Å². The summed E-state index contributed by atoms with van der Waals surface area (Å²) < 4.78 is 28.4. The van der Waals surface area contributed by atoms with Crippen LogP contribution in [0.1, 0.15) is 42.0 Å². The summed E-state index contributed by atoms with van der Waals surface area (Å²) in [5.41, 5.74) is 4.64. The highest BCUT2D eigenvalue weighted by atomic mass is 127. The van der Waals surface area contributed by atoms with Crippen LogP contribution in [0.4, 0.5) is 4.39 Å². The summed E-state index contributed by atoms with van der Waals surface area (Å²) in [5, 5.41) is 5.16. The van der Waals surface area contributed by atoms with Crippen molar-refractivity contribution in [3.8, 4) is 22.9 Å². The van der Waals surface area contributed by atoms with Crippen molar-refractivity contribution in [1.82, 2.24) is 9.66 Å². The number of rotatable bonds is 8. The molecule has 0 radical (unpaired) electrons. The van der Waals surface area contributed by atoms with Crippen LogP contribution in [0.25, 0.3) is 22.3 Å². The number of methoxy groups -OCH3 is 1. The molecule has 0 spiro atoms. The molecule has 1 heterocycles. The van der Waals surface area contributed by atoms with Crippen molar-refractivity contribution in [3.05, 3.63) is 118 Å². The van der Waals surface area contributed by atoms with Gasteiger partial charge in [-0.15, -0.1) is 0 Å². The molecule has 0 fully saturated rings. The number of para-hydroxylation sites is 1. The van der Waals surface area contributed by atoms with Crippen LogP contribution in [-0.2, 0) is 6.61 Å². The number of fused-ring (bicyclic) bond motifs is 1. The van der Waals surface area contributed by atoms with E-state index in [1.807, 2.05) is 55.5 Å². The lowest BCUT2D eigenvalue weighted by Gasteiger charge is -2.17. The standard InChI is InChI=1S/C33H28FI2N3O3/c1-19(2)25-16-26(20(3)12-30(25)41-4)32-38-29-11-6-5-10-24(29)33(40)39(32)37-17-22-14-27(35)31(28(36)15-22)42-18-21-8-7-9-23(34)13-21/h5-17,19H,18H2,1-4H3. The number of ether oxygens (including phenoxy) is 2. The van der Waals surface area contributed by atoms with E-state index in [1.54, 1.807) is 25.5 Å². The molecular weight excluding hydrogens is 759 g/mol. The van der Waals surface area contributed by atoms with Crippen LogP contribution >= 0.6 is 45.2 Å². The van der Waals surface area contributed by atoms with Crippen molar-refractivity contribution in [2.45, 2.75) is 33.3 Å². The maximum Gasteiger partial charge on any atom is 0.282 e. The van der Waals surface area contributed by atoms with Crippen molar-refractivity contribution in [2.24, 2.45) is 5.10 Å². The van der Waals surface area contributed by atoms with Gasteiger partial charge in [0.05, 0.1) is 31.4 Å². The van der Waals surface area contributed by atoms with Crippen molar-refractivity contribution in [2.75, 3.05) is 7.11 Å². The molecule has 6 nitrogen and oxygen atoms in total. The number of hydrogen-bond acceptors (Lipinski definition) is 5. The zero-order valence-electron chi connectivity index (χ0n) is 23.5. The fraction of sp³-hybridized carbons (Fsp3) is 0.182. The molecule has 0 aliphatic carbocycles. The fourth-order valence-electron chi connectivity index (χ4n) is 4.67. The van der Waals surface area contributed by atoms with Gasteiger partial charge in [-0.3, -0.25) is 4.79 Å². The van der Waals surface area contributed by atoms with E-state index >= 15 is 0 Å². The van der Waals surface area contributed by atoms with Crippen LogP contribution in [0.5, 0.6) is 11.5 Å². The van der Waals surface area contributed by atoms with Gasteiger partial charge in [0.15, 0.2) is 5.82 Å². The van der Waals surface area contributed by atoms with Crippen LogP contribution in [0.2, 0.25) is 0 Å². The van der Waals surface area contributed by atoms with Crippen molar-refractivity contribution in [1.29, 1.82) is 0 Å². The van der Waals surface area contributed by atoms with Gasteiger partial charge < -0.3 is 9.47 Å². The van der Waals surface area contributed by atoms with E-state index in [9.17, 15) is 9.18 Å². The first-order valence-corrected chi connectivity index (χ1v) is 15.4. The first kappa shape index (κ1) is 30.1. The van der Waals surface area contributed by atoms with Gasteiger partial charge >= 0.3 is 0 Å². The lowest BCUT2D eigenvalue weighted by Crippen LogP contribution is -2.21.